The average Bonchev–Trinajstić information content (AvgIpc) is 2.35. The lowest BCUT2D eigenvalue weighted by Gasteiger charge is -2.00. The van der Waals surface area contributed by atoms with E-state index in [2.05, 4.69) is 27.6 Å². The maximum absolute atomic E-state index is 10.5. The largest absolute Gasteiger partial charge is 0.481 e. The van der Waals surface area contributed by atoms with Crippen LogP contribution in [0.15, 0.2) is 6.20 Å². The van der Waals surface area contributed by atoms with Crippen molar-refractivity contribution in [1.29, 1.82) is 0 Å². The maximum atomic E-state index is 10.5. The molecule has 0 aliphatic heterocycles. The highest BCUT2D eigenvalue weighted by Crippen LogP contribution is 2.17. The van der Waals surface area contributed by atoms with Crippen molar-refractivity contribution in [1.82, 2.24) is 4.98 Å². The van der Waals surface area contributed by atoms with Crippen molar-refractivity contribution in [3.63, 3.8) is 0 Å². The third-order valence-electron chi connectivity index (χ3n) is 1.43. The first-order valence-electron chi connectivity index (χ1n) is 3.42. The van der Waals surface area contributed by atoms with Crippen molar-refractivity contribution in [2.24, 2.45) is 5.92 Å². The molecule has 0 spiro atoms. The first-order chi connectivity index (χ1) is 5.59. The Bertz CT molecular complexity index is 287. The van der Waals surface area contributed by atoms with Gasteiger partial charge in [0.2, 0.25) is 0 Å². The molecule has 0 fully saturated rings. The zero-order chi connectivity index (χ0) is 9.14. The molecule has 0 saturated carbocycles. The summed E-state index contributed by atoms with van der Waals surface area (Å²) in [4.78, 5) is 14.6. The van der Waals surface area contributed by atoms with Crippen LogP contribution in [0.5, 0.6) is 0 Å². The van der Waals surface area contributed by atoms with Gasteiger partial charge in [-0.05, 0) is 22.6 Å². The van der Waals surface area contributed by atoms with Gasteiger partial charge in [0.15, 0.2) is 0 Å². The number of aliphatic carboxylic acids is 1. The molecule has 1 heterocycles. The summed E-state index contributed by atoms with van der Waals surface area (Å²) in [5, 5.41) is 9.52. The minimum absolute atomic E-state index is 0.341. The second-order valence-corrected chi connectivity index (χ2v) is 5.51. The molecule has 1 unspecified atom stereocenters. The van der Waals surface area contributed by atoms with Gasteiger partial charge in [0, 0.05) is 6.42 Å². The topological polar surface area (TPSA) is 50.2 Å². The lowest BCUT2D eigenvalue weighted by molar-refractivity contribution is -0.141. The molecule has 0 bridgehead atoms. The highest BCUT2D eigenvalue weighted by Gasteiger charge is 2.13. The van der Waals surface area contributed by atoms with Crippen LogP contribution in [0.25, 0.3) is 0 Å². The number of thiazole rings is 1. The van der Waals surface area contributed by atoms with Crippen LogP contribution in [0.1, 0.15) is 11.9 Å². The molecule has 1 rings (SSSR count). The summed E-state index contributed by atoms with van der Waals surface area (Å²) in [7, 11) is 0. The summed E-state index contributed by atoms with van der Waals surface area (Å²) >= 11 is 3.72. The summed E-state index contributed by atoms with van der Waals surface area (Å²) in [6.07, 6.45) is 2.29. The van der Waals surface area contributed by atoms with Gasteiger partial charge in [0.1, 0.15) is 0 Å². The van der Waals surface area contributed by atoms with E-state index in [1.54, 1.807) is 24.5 Å². The zero-order valence-corrected chi connectivity index (χ0v) is 9.42. The molecule has 0 aliphatic rings. The molecule has 1 atom stereocenters. The van der Waals surface area contributed by atoms with Crippen LogP contribution in [0.3, 0.4) is 0 Å². The van der Waals surface area contributed by atoms with Crippen molar-refractivity contribution in [3.8, 4) is 0 Å². The maximum Gasteiger partial charge on any atom is 0.306 e. The van der Waals surface area contributed by atoms with Crippen LogP contribution in [0.2, 0.25) is 0 Å². The molecule has 1 N–H and O–H groups in total. The molecule has 66 valence electrons. The monoisotopic (exact) mass is 297 g/mol. The molecular formula is C7H8INO2S. The van der Waals surface area contributed by atoms with Crippen LogP contribution in [-0.4, -0.2) is 16.1 Å². The Balaban J connectivity index is 2.58. The first-order valence-corrected chi connectivity index (χ1v) is 5.32. The summed E-state index contributed by atoms with van der Waals surface area (Å²) in [5.74, 6) is -1.10. The Kier molecular flexibility index (Phi) is 3.45. The van der Waals surface area contributed by atoms with Crippen molar-refractivity contribution >= 4 is 39.9 Å². The minimum atomic E-state index is -0.764. The van der Waals surface area contributed by atoms with E-state index in [1.807, 2.05) is 0 Å². The van der Waals surface area contributed by atoms with Gasteiger partial charge in [0.05, 0.1) is 20.0 Å². The predicted octanol–water partition coefficient (Wildman–Crippen LogP) is 2.01. The SMILES string of the molecule is CC(Cc1ncc(I)s1)C(=O)O. The van der Waals surface area contributed by atoms with E-state index < -0.39 is 5.97 Å². The van der Waals surface area contributed by atoms with E-state index in [0.717, 1.165) is 7.89 Å². The molecular weight excluding hydrogens is 289 g/mol. The van der Waals surface area contributed by atoms with Gasteiger partial charge in [-0.15, -0.1) is 11.3 Å². The van der Waals surface area contributed by atoms with Gasteiger partial charge in [-0.2, -0.15) is 0 Å². The molecule has 5 heteroatoms. The van der Waals surface area contributed by atoms with Gasteiger partial charge in [0.25, 0.3) is 0 Å². The van der Waals surface area contributed by atoms with Crippen molar-refractivity contribution in [3.05, 3.63) is 14.1 Å². The molecule has 1 aromatic rings. The zero-order valence-electron chi connectivity index (χ0n) is 6.45. The molecule has 0 aliphatic carbocycles. The molecule has 0 saturated heterocycles. The van der Waals surface area contributed by atoms with Crippen molar-refractivity contribution in [2.45, 2.75) is 13.3 Å². The van der Waals surface area contributed by atoms with Gasteiger partial charge in [-0.1, -0.05) is 6.92 Å². The predicted molar refractivity (Wildman–Crippen MR) is 55.3 cm³/mol. The molecule has 1 aromatic heterocycles. The molecule has 0 amide bonds. The Morgan fingerprint density at radius 3 is 3.00 bits per heavy atom. The lowest BCUT2D eigenvalue weighted by Crippen LogP contribution is -2.11. The number of carboxylic acids is 1. The highest BCUT2D eigenvalue weighted by atomic mass is 127. The van der Waals surface area contributed by atoms with Crippen molar-refractivity contribution in [2.75, 3.05) is 0 Å². The standard InChI is InChI=1S/C7H8INO2S/c1-4(7(10)11)2-6-9-3-5(8)12-6/h3-4H,2H2,1H3,(H,10,11). The van der Waals surface area contributed by atoms with E-state index in [0.29, 0.717) is 6.42 Å². The summed E-state index contributed by atoms with van der Waals surface area (Å²) in [5.41, 5.74) is 0. The highest BCUT2D eigenvalue weighted by molar-refractivity contribution is 14.1. The third-order valence-corrected chi connectivity index (χ3v) is 3.17. The Morgan fingerprint density at radius 2 is 2.58 bits per heavy atom. The smallest absolute Gasteiger partial charge is 0.306 e. The number of rotatable bonds is 3. The van der Waals surface area contributed by atoms with Crippen LogP contribution >= 0.6 is 33.9 Å². The van der Waals surface area contributed by atoms with Crippen LogP contribution in [0, 0.1) is 8.80 Å². The fraction of sp³-hybridized carbons (Fsp3) is 0.429. The van der Waals surface area contributed by atoms with E-state index in [4.69, 9.17) is 5.11 Å². The van der Waals surface area contributed by atoms with E-state index in [9.17, 15) is 4.79 Å². The Morgan fingerprint density at radius 1 is 1.92 bits per heavy atom. The Labute approximate surface area is 88.0 Å². The number of hydrogen-bond acceptors (Lipinski definition) is 3. The number of nitrogens with zero attached hydrogens (tertiary/aromatic N) is 1. The minimum Gasteiger partial charge on any atom is -0.481 e. The number of carboxylic acid groups (broad SMARTS) is 1. The van der Waals surface area contributed by atoms with Crippen LogP contribution in [-0.2, 0) is 11.2 Å². The average molecular weight is 297 g/mol. The van der Waals surface area contributed by atoms with Crippen LogP contribution in [0.4, 0.5) is 0 Å². The third kappa shape index (κ3) is 2.71. The second kappa shape index (κ2) is 4.18. The van der Waals surface area contributed by atoms with E-state index in [1.165, 1.54) is 0 Å². The van der Waals surface area contributed by atoms with Gasteiger partial charge in [-0.3, -0.25) is 4.79 Å². The summed E-state index contributed by atoms with van der Waals surface area (Å²) in [6.45, 7) is 1.69. The molecule has 12 heavy (non-hydrogen) atoms. The molecule has 0 aromatic carbocycles. The molecule has 3 nitrogen and oxygen atoms in total. The van der Waals surface area contributed by atoms with E-state index in [-0.39, 0.29) is 5.92 Å². The Hall–Kier alpha value is -0.170. The fourth-order valence-electron chi connectivity index (χ4n) is 0.732. The fourth-order valence-corrected chi connectivity index (χ4v) is 2.40. The van der Waals surface area contributed by atoms with Crippen LogP contribution < -0.4 is 0 Å². The normalized spacial score (nSPS) is 12.8. The number of carbonyl (C=O) groups is 1. The summed E-state index contributed by atoms with van der Waals surface area (Å²) in [6, 6.07) is 0. The quantitative estimate of drug-likeness (QED) is 0.868. The van der Waals surface area contributed by atoms with Gasteiger partial charge in [-0.25, -0.2) is 4.98 Å². The summed E-state index contributed by atoms with van der Waals surface area (Å²) < 4.78 is 1.10. The number of aromatic nitrogens is 1. The number of halogens is 1. The van der Waals surface area contributed by atoms with E-state index >= 15 is 0 Å². The number of hydrogen-bond donors (Lipinski definition) is 1. The lowest BCUT2D eigenvalue weighted by atomic mass is 10.1. The van der Waals surface area contributed by atoms with Crippen molar-refractivity contribution < 1.29 is 9.90 Å². The second-order valence-electron chi connectivity index (χ2n) is 2.50. The first kappa shape index (κ1) is 9.91. The van der Waals surface area contributed by atoms with Gasteiger partial charge < -0.3 is 5.11 Å². The molecule has 0 radical (unpaired) electrons. The van der Waals surface area contributed by atoms with Gasteiger partial charge >= 0.3 is 5.97 Å².